The summed E-state index contributed by atoms with van der Waals surface area (Å²) in [6.45, 7) is 4.76. The number of rotatable bonds is 4. The van der Waals surface area contributed by atoms with Gasteiger partial charge in [0.1, 0.15) is 5.69 Å². The zero-order chi connectivity index (χ0) is 14.5. The summed E-state index contributed by atoms with van der Waals surface area (Å²) in [6, 6.07) is 9.30. The molecule has 0 aliphatic heterocycles. The van der Waals surface area contributed by atoms with E-state index < -0.39 is 0 Å². The second-order valence-corrected chi connectivity index (χ2v) is 5.29. The van der Waals surface area contributed by atoms with Crippen LogP contribution in [-0.4, -0.2) is 17.4 Å². The van der Waals surface area contributed by atoms with E-state index in [-0.39, 0.29) is 5.91 Å². The van der Waals surface area contributed by atoms with Gasteiger partial charge in [0.15, 0.2) is 0 Å². The van der Waals surface area contributed by atoms with E-state index >= 15 is 0 Å². The molecule has 1 amide bonds. The number of aromatic nitrogens is 1. The average molecular weight is 334 g/mol. The Hall–Kier alpha value is -1.88. The molecule has 20 heavy (non-hydrogen) atoms. The first-order valence-electron chi connectivity index (χ1n) is 6.37. The first kappa shape index (κ1) is 14.5. The van der Waals surface area contributed by atoms with Gasteiger partial charge >= 0.3 is 0 Å². The normalized spacial score (nSPS) is 10.2. The lowest BCUT2D eigenvalue weighted by molar-refractivity contribution is 0.102. The molecule has 0 radical (unpaired) electrons. The smallest absolute Gasteiger partial charge is 0.274 e. The number of benzene rings is 1. The van der Waals surface area contributed by atoms with Gasteiger partial charge in [-0.15, -0.1) is 0 Å². The van der Waals surface area contributed by atoms with Crippen LogP contribution in [0.1, 0.15) is 23.0 Å². The number of hydrogen-bond donors (Lipinski definition) is 2. The Bertz CT molecular complexity index is 628. The van der Waals surface area contributed by atoms with E-state index in [1.165, 1.54) is 0 Å². The van der Waals surface area contributed by atoms with Gasteiger partial charge in [0, 0.05) is 28.6 Å². The van der Waals surface area contributed by atoms with Gasteiger partial charge in [-0.25, -0.2) is 0 Å². The monoisotopic (exact) mass is 333 g/mol. The lowest BCUT2D eigenvalue weighted by atomic mass is 10.2. The van der Waals surface area contributed by atoms with Crippen LogP contribution >= 0.6 is 15.9 Å². The number of carbonyl (C=O) groups excluding carboxylic acids is 1. The Balaban J connectivity index is 2.17. The number of carbonyl (C=O) groups is 1. The van der Waals surface area contributed by atoms with Crippen LogP contribution in [0.25, 0.3) is 0 Å². The molecule has 1 heterocycles. The number of halogens is 1. The maximum atomic E-state index is 12.2. The molecule has 0 unspecified atom stereocenters. The highest BCUT2D eigenvalue weighted by atomic mass is 79.9. The predicted molar refractivity (Wildman–Crippen MR) is 85.2 cm³/mol. The molecule has 104 valence electrons. The van der Waals surface area contributed by atoms with Crippen molar-refractivity contribution < 1.29 is 4.79 Å². The van der Waals surface area contributed by atoms with Crippen LogP contribution in [0.3, 0.4) is 0 Å². The van der Waals surface area contributed by atoms with Gasteiger partial charge in [-0.2, -0.15) is 0 Å². The number of amides is 1. The molecule has 5 heteroatoms. The number of pyridine rings is 1. The number of aryl methyl sites for hydroxylation is 1. The maximum absolute atomic E-state index is 12.2. The highest BCUT2D eigenvalue weighted by molar-refractivity contribution is 9.10. The van der Waals surface area contributed by atoms with Crippen molar-refractivity contribution in [3.63, 3.8) is 0 Å². The molecule has 0 saturated carbocycles. The molecule has 0 saturated heterocycles. The largest absolute Gasteiger partial charge is 0.385 e. The fourth-order valence-electron chi connectivity index (χ4n) is 1.82. The Morgan fingerprint density at radius 3 is 2.80 bits per heavy atom. The van der Waals surface area contributed by atoms with Crippen molar-refractivity contribution in [1.82, 2.24) is 4.98 Å². The van der Waals surface area contributed by atoms with E-state index in [1.807, 2.05) is 38.1 Å². The summed E-state index contributed by atoms with van der Waals surface area (Å²) in [4.78, 5) is 16.3. The molecule has 0 atom stereocenters. The van der Waals surface area contributed by atoms with Crippen molar-refractivity contribution in [1.29, 1.82) is 0 Å². The third kappa shape index (κ3) is 3.57. The average Bonchev–Trinajstić information content (AvgIpc) is 2.42. The third-order valence-corrected chi connectivity index (χ3v) is 3.30. The summed E-state index contributed by atoms with van der Waals surface area (Å²) in [5.74, 6) is -0.213. The second-order valence-electron chi connectivity index (χ2n) is 4.37. The molecule has 0 aliphatic carbocycles. The summed E-state index contributed by atoms with van der Waals surface area (Å²) in [6.07, 6.45) is 1.63. The van der Waals surface area contributed by atoms with E-state index in [9.17, 15) is 4.79 Å². The van der Waals surface area contributed by atoms with Crippen LogP contribution in [0.4, 0.5) is 11.4 Å². The first-order chi connectivity index (χ1) is 9.60. The SMILES string of the molecule is CCNc1ccnc(C(=O)Nc2ccc(Br)cc2C)c1. The maximum Gasteiger partial charge on any atom is 0.274 e. The summed E-state index contributed by atoms with van der Waals surface area (Å²) in [7, 11) is 0. The topological polar surface area (TPSA) is 54.0 Å². The van der Waals surface area contributed by atoms with E-state index in [4.69, 9.17) is 0 Å². The number of nitrogens with one attached hydrogen (secondary N) is 2. The van der Waals surface area contributed by atoms with Crippen LogP contribution in [0.15, 0.2) is 41.0 Å². The molecule has 0 bridgehead atoms. The Labute approximate surface area is 126 Å². The Kier molecular flexibility index (Phi) is 4.74. The van der Waals surface area contributed by atoms with Crippen molar-refractivity contribution in [2.24, 2.45) is 0 Å². The number of hydrogen-bond acceptors (Lipinski definition) is 3. The number of anilines is 2. The van der Waals surface area contributed by atoms with Crippen molar-refractivity contribution in [3.05, 3.63) is 52.3 Å². The molecule has 0 fully saturated rings. The number of nitrogens with zero attached hydrogens (tertiary/aromatic N) is 1. The summed E-state index contributed by atoms with van der Waals surface area (Å²) < 4.78 is 0.986. The van der Waals surface area contributed by atoms with E-state index in [1.54, 1.807) is 12.3 Å². The molecule has 1 aromatic heterocycles. The molecular weight excluding hydrogens is 318 g/mol. The molecule has 4 nitrogen and oxygen atoms in total. The fourth-order valence-corrected chi connectivity index (χ4v) is 2.30. The predicted octanol–water partition coefficient (Wildman–Crippen LogP) is 3.84. The van der Waals surface area contributed by atoms with Crippen molar-refractivity contribution in [3.8, 4) is 0 Å². The first-order valence-corrected chi connectivity index (χ1v) is 7.17. The summed E-state index contributed by atoms with van der Waals surface area (Å²) in [5, 5.41) is 6.03. The molecule has 0 aliphatic rings. The van der Waals surface area contributed by atoms with Gasteiger partial charge in [-0.1, -0.05) is 15.9 Å². The van der Waals surface area contributed by atoms with Gasteiger partial charge in [-0.3, -0.25) is 9.78 Å². The van der Waals surface area contributed by atoms with Crippen LogP contribution in [0.2, 0.25) is 0 Å². The minimum Gasteiger partial charge on any atom is -0.385 e. The highest BCUT2D eigenvalue weighted by Gasteiger charge is 2.09. The van der Waals surface area contributed by atoms with Crippen LogP contribution in [0.5, 0.6) is 0 Å². The van der Waals surface area contributed by atoms with Crippen molar-refractivity contribution >= 4 is 33.2 Å². The standard InChI is InChI=1S/C15H16BrN3O/c1-3-17-12-6-7-18-14(9-12)15(20)19-13-5-4-11(16)8-10(13)2/h4-9H,3H2,1-2H3,(H,17,18)(H,19,20). The van der Waals surface area contributed by atoms with Crippen molar-refractivity contribution in [2.45, 2.75) is 13.8 Å². The highest BCUT2D eigenvalue weighted by Crippen LogP contribution is 2.20. The van der Waals surface area contributed by atoms with E-state index in [2.05, 4.69) is 31.5 Å². The van der Waals surface area contributed by atoms with Crippen LogP contribution in [-0.2, 0) is 0 Å². The minimum absolute atomic E-state index is 0.213. The summed E-state index contributed by atoms with van der Waals surface area (Å²) in [5.41, 5.74) is 3.07. The van der Waals surface area contributed by atoms with Crippen LogP contribution in [0, 0.1) is 6.92 Å². The lowest BCUT2D eigenvalue weighted by Crippen LogP contribution is -2.14. The summed E-state index contributed by atoms with van der Waals surface area (Å²) >= 11 is 3.40. The molecule has 2 aromatic rings. The van der Waals surface area contributed by atoms with Crippen LogP contribution < -0.4 is 10.6 Å². The van der Waals surface area contributed by atoms with Gasteiger partial charge in [-0.05, 0) is 49.7 Å². The van der Waals surface area contributed by atoms with Crippen molar-refractivity contribution in [2.75, 3.05) is 17.2 Å². The second kappa shape index (κ2) is 6.52. The Morgan fingerprint density at radius 1 is 1.30 bits per heavy atom. The van der Waals surface area contributed by atoms with Gasteiger partial charge < -0.3 is 10.6 Å². The zero-order valence-electron chi connectivity index (χ0n) is 11.4. The van der Waals surface area contributed by atoms with Gasteiger partial charge in [0.05, 0.1) is 0 Å². The third-order valence-electron chi connectivity index (χ3n) is 2.81. The minimum atomic E-state index is -0.213. The van der Waals surface area contributed by atoms with E-state index in [0.717, 1.165) is 28.0 Å². The molecule has 2 rings (SSSR count). The molecule has 2 N–H and O–H groups in total. The van der Waals surface area contributed by atoms with Gasteiger partial charge in [0.2, 0.25) is 0 Å². The Morgan fingerprint density at radius 2 is 2.10 bits per heavy atom. The lowest BCUT2D eigenvalue weighted by Gasteiger charge is -2.09. The fraction of sp³-hybridized carbons (Fsp3) is 0.200. The molecule has 0 spiro atoms. The van der Waals surface area contributed by atoms with Gasteiger partial charge in [0.25, 0.3) is 5.91 Å². The molecular formula is C15H16BrN3O. The quantitative estimate of drug-likeness (QED) is 0.893. The molecule has 1 aromatic carbocycles. The zero-order valence-corrected chi connectivity index (χ0v) is 13.0. The van der Waals surface area contributed by atoms with E-state index in [0.29, 0.717) is 5.69 Å².